The Bertz CT molecular complexity index is 1260. The van der Waals surface area contributed by atoms with Crippen molar-refractivity contribution < 1.29 is 19.1 Å². The molecule has 3 aromatic carbocycles. The summed E-state index contributed by atoms with van der Waals surface area (Å²) in [6, 6.07) is 17.6. The van der Waals surface area contributed by atoms with Gasteiger partial charge >= 0.3 is 0 Å². The molecular formula is C27H24Cl2N2O5. The van der Waals surface area contributed by atoms with Gasteiger partial charge < -0.3 is 14.8 Å². The lowest BCUT2D eigenvalue weighted by molar-refractivity contribution is -0.119. The molecule has 0 spiro atoms. The fourth-order valence-corrected chi connectivity index (χ4v) is 4.48. The first-order valence-corrected chi connectivity index (χ1v) is 12.3. The van der Waals surface area contributed by atoms with E-state index in [1.165, 1.54) is 0 Å². The van der Waals surface area contributed by atoms with E-state index in [1.54, 1.807) is 36.4 Å². The van der Waals surface area contributed by atoms with E-state index < -0.39 is 11.8 Å². The minimum atomic E-state index is -0.751. The van der Waals surface area contributed by atoms with E-state index in [-0.39, 0.29) is 17.5 Å². The summed E-state index contributed by atoms with van der Waals surface area (Å²) in [7, 11) is 0. The van der Waals surface area contributed by atoms with Crippen LogP contribution in [-0.2, 0) is 11.2 Å². The average molecular weight is 527 g/mol. The third kappa shape index (κ3) is 6.22. The Balaban J connectivity index is 1.31. The van der Waals surface area contributed by atoms with Crippen LogP contribution in [-0.4, -0.2) is 25.0 Å². The van der Waals surface area contributed by atoms with Crippen LogP contribution in [0.15, 0.2) is 65.8 Å². The summed E-state index contributed by atoms with van der Waals surface area (Å²) in [5.41, 5.74) is 2.14. The lowest BCUT2D eigenvalue weighted by Crippen LogP contribution is -2.24. The van der Waals surface area contributed by atoms with Crippen molar-refractivity contribution in [2.75, 3.05) is 13.2 Å². The SMILES string of the molecule is O=NC(=O)C1CCOc2cc(Oc3ccc(C(=O)NCCCCc4ccccc4Cl)cc3)c(Cl)cc21. The highest BCUT2D eigenvalue weighted by Gasteiger charge is 2.30. The topological polar surface area (TPSA) is 94.1 Å². The van der Waals surface area contributed by atoms with Crippen LogP contribution in [0, 0.1) is 4.91 Å². The molecule has 0 bridgehead atoms. The molecule has 2 amide bonds. The molecule has 0 aromatic heterocycles. The fraction of sp³-hybridized carbons (Fsp3) is 0.259. The highest BCUT2D eigenvalue weighted by atomic mass is 35.5. The number of rotatable bonds is 9. The smallest absolute Gasteiger partial charge is 0.294 e. The van der Waals surface area contributed by atoms with Crippen LogP contribution in [0.2, 0.25) is 10.0 Å². The first-order valence-electron chi connectivity index (χ1n) is 11.6. The van der Waals surface area contributed by atoms with Gasteiger partial charge in [0.1, 0.15) is 17.2 Å². The van der Waals surface area contributed by atoms with Crippen molar-refractivity contribution in [3.8, 4) is 17.2 Å². The van der Waals surface area contributed by atoms with E-state index in [1.807, 2.05) is 24.3 Å². The normalized spacial score (nSPS) is 14.3. The Hall–Kier alpha value is -3.42. The van der Waals surface area contributed by atoms with E-state index in [2.05, 4.69) is 10.5 Å². The van der Waals surface area contributed by atoms with Gasteiger partial charge in [-0.2, -0.15) is 0 Å². The molecule has 0 fully saturated rings. The second kappa shape index (κ2) is 12.0. The van der Waals surface area contributed by atoms with E-state index in [0.29, 0.717) is 41.3 Å². The van der Waals surface area contributed by atoms with Crippen molar-refractivity contribution in [3.63, 3.8) is 0 Å². The number of nitroso groups, excluding NO2 is 1. The van der Waals surface area contributed by atoms with E-state index in [0.717, 1.165) is 29.8 Å². The summed E-state index contributed by atoms with van der Waals surface area (Å²) in [4.78, 5) is 35.0. The molecule has 36 heavy (non-hydrogen) atoms. The van der Waals surface area contributed by atoms with Gasteiger partial charge in [-0.3, -0.25) is 9.59 Å². The Morgan fingerprint density at radius 1 is 1.03 bits per heavy atom. The zero-order valence-electron chi connectivity index (χ0n) is 19.3. The number of ether oxygens (including phenoxy) is 2. The number of fused-ring (bicyclic) bond motifs is 1. The quantitative estimate of drug-likeness (QED) is 0.247. The molecule has 1 unspecified atom stereocenters. The van der Waals surface area contributed by atoms with Crippen molar-refractivity contribution in [3.05, 3.63) is 92.3 Å². The molecule has 1 aliphatic heterocycles. The molecule has 1 atom stereocenters. The molecule has 1 heterocycles. The number of aryl methyl sites for hydroxylation is 1. The maximum absolute atomic E-state index is 12.5. The monoisotopic (exact) mass is 526 g/mol. The molecule has 1 N–H and O–H groups in total. The number of benzene rings is 3. The van der Waals surface area contributed by atoms with Gasteiger partial charge in [-0.15, -0.1) is 4.91 Å². The predicted molar refractivity (Wildman–Crippen MR) is 138 cm³/mol. The molecule has 186 valence electrons. The molecule has 0 aliphatic carbocycles. The number of nitrogens with zero attached hydrogens (tertiary/aromatic N) is 1. The minimum absolute atomic E-state index is 0.168. The highest BCUT2D eigenvalue weighted by molar-refractivity contribution is 6.32. The summed E-state index contributed by atoms with van der Waals surface area (Å²) < 4.78 is 11.5. The number of carbonyl (C=O) groups is 2. The molecule has 7 nitrogen and oxygen atoms in total. The Kier molecular flexibility index (Phi) is 8.57. The molecule has 3 aromatic rings. The highest BCUT2D eigenvalue weighted by Crippen LogP contribution is 2.42. The Morgan fingerprint density at radius 2 is 1.81 bits per heavy atom. The average Bonchev–Trinajstić information content (AvgIpc) is 2.89. The molecule has 0 saturated carbocycles. The van der Waals surface area contributed by atoms with Gasteiger partial charge in [-0.1, -0.05) is 41.4 Å². The van der Waals surface area contributed by atoms with E-state index in [9.17, 15) is 14.5 Å². The number of amides is 2. The second-order valence-electron chi connectivity index (χ2n) is 8.37. The second-order valence-corrected chi connectivity index (χ2v) is 9.18. The number of hydrogen-bond donors (Lipinski definition) is 1. The third-order valence-electron chi connectivity index (χ3n) is 5.95. The van der Waals surface area contributed by atoms with Crippen molar-refractivity contribution in [1.29, 1.82) is 0 Å². The zero-order valence-corrected chi connectivity index (χ0v) is 20.8. The molecule has 0 saturated heterocycles. The van der Waals surface area contributed by atoms with Gasteiger partial charge in [0.05, 0.1) is 17.5 Å². The first kappa shape index (κ1) is 25.7. The number of hydrogen-bond acceptors (Lipinski definition) is 5. The van der Waals surface area contributed by atoms with Crippen LogP contribution in [0.3, 0.4) is 0 Å². The molecule has 4 rings (SSSR count). The number of carbonyl (C=O) groups excluding carboxylic acids is 2. The minimum Gasteiger partial charge on any atom is -0.493 e. The molecule has 9 heteroatoms. The predicted octanol–water partition coefficient (Wildman–Crippen LogP) is 6.70. The van der Waals surface area contributed by atoms with Gasteiger partial charge in [0.2, 0.25) is 0 Å². The summed E-state index contributed by atoms with van der Waals surface area (Å²) in [5, 5.41) is 6.49. The number of nitrogens with one attached hydrogen (secondary N) is 1. The summed E-state index contributed by atoms with van der Waals surface area (Å²) in [6.45, 7) is 0.846. The first-order chi connectivity index (χ1) is 17.5. The van der Waals surface area contributed by atoms with E-state index >= 15 is 0 Å². The zero-order chi connectivity index (χ0) is 25.5. The largest absolute Gasteiger partial charge is 0.493 e. The summed E-state index contributed by atoms with van der Waals surface area (Å²) >= 11 is 12.5. The van der Waals surface area contributed by atoms with Crippen molar-refractivity contribution in [2.45, 2.75) is 31.6 Å². The van der Waals surface area contributed by atoms with Crippen molar-refractivity contribution in [1.82, 2.24) is 5.32 Å². The van der Waals surface area contributed by atoms with Crippen LogP contribution in [0.25, 0.3) is 0 Å². The van der Waals surface area contributed by atoms with Gasteiger partial charge in [0, 0.05) is 33.9 Å². The van der Waals surface area contributed by atoms with E-state index in [4.69, 9.17) is 32.7 Å². The number of unbranched alkanes of at least 4 members (excludes halogenated alkanes) is 1. The van der Waals surface area contributed by atoms with Gasteiger partial charge in [-0.05, 0) is 67.6 Å². The van der Waals surface area contributed by atoms with Crippen molar-refractivity contribution >= 4 is 35.0 Å². The van der Waals surface area contributed by atoms with Crippen LogP contribution in [0.5, 0.6) is 17.2 Å². The standard InChI is InChI=1S/C27H24Cl2N2O5/c28-22-7-2-1-5-17(22)6-3-4-13-30-26(32)18-8-10-19(11-9-18)36-25-16-24-21(15-23(25)29)20(12-14-35-24)27(33)31-34/h1-2,5,7-11,15-16,20H,3-4,6,12-14H2,(H,30,32). The van der Waals surface area contributed by atoms with Gasteiger partial charge in [-0.25, -0.2) is 0 Å². The maximum atomic E-state index is 12.5. The van der Waals surface area contributed by atoms with Gasteiger partial charge in [0.25, 0.3) is 11.8 Å². The molecule has 1 aliphatic rings. The molecule has 0 radical (unpaired) electrons. The maximum Gasteiger partial charge on any atom is 0.294 e. The van der Waals surface area contributed by atoms with Crippen LogP contribution in [0.4, 0.5) is 0 Å². The summed E-state index contributed by atoms with van der Waals surface area (Å²) in [5.74, 6) is -0.359. The lowest BCUT2D eigenvalue weighted by Gasteiger charge is -2.24. The Morgan fingerprint density at radius 3 is 2.56 bits per heavy atom. The lowest BCUT2D eigenvalue weighted by atomic mass is 9.92. The summed E-state index contributed by atoms with van der Waals surface area (Å²) in [6.07, 6.45) is 2.98. The Labute approximate surface area is 218 Å². The fourth-order valence-electron chi connectivity index (χ4n) is 4.03. The van der Waals surface area contributed by atoms with Crippen molar-refractivity contribution in [2.24, 2.45) is 5.18 Å². The van der Waals surface area contributed by atoms with Crippen LogP contribution < -0.4 is 14.8 Å². The van der Waals surface area contributed by atoms with Crippen LogP contribution in [0.1, 0.15) is 46.7 Å². The molecular weight excluding hydrogens is 503 g/mol. The van der Waals surface area contributed by atoms with Gasteiger partial charge in [0.15, 0.2) is 0 Å². The number of halogens is 2. The van der Waals surface area contributed by atoms with Crippen LogP contribution >= 0.6 is 23.2 Å². The third-order valence-corrected chi connectivity index (χ3v) is 6.62.